The highest BCUT2D eigenvalue weighted by molar-refractivity contribution is 6.09. The number of H-pyrrole nitrogens is 1. The molecule has 0 aliphatic heterocycles. The lowest BCUT2D eigenvalue weighted by molar-refractivity contribution is 0.269. The second-order valence-corrected chi connectivity index (χ2v) is 7.04. The van der Waals surface area contributed by atoms with E-state index in [1.807, 2.05) is 18.5 Å². The summed E-state index contributed by atoms with van der Waals surface area (Å²) in [7, 11) is 0. The number of aromatic nitrogens is 5. The molecule has 4 aromatic rings. The van der Waals surface area contributed by atoms with E-state index in [4.69, 9.17) is 10.1 Å². The summed E-state index contributed by atoms with van der Waals surface area (Å²) in [5, 5.41) is 23.5. The molecule has 2 N–H and O–H groups in total. The van der Waals surface area contributed by atoms with E-state index in [1.165, 1.54) is 34.7 Å². The van der Waals surface area contributed by atoms with Crippen LogP contribution in [-0.4, -0.2) is 36.7 Å². The highest BCUT2D eigenvalue weighted by Crippen LogP contribution is 2.38. The van der Waals surface area contributed by atoms with Gasteiger partial charge in [-0.05, 0) is 55.9 Å². The fourth-order valence-corrected chi connectivity index (χ4v) is 4.23. The van der Waals surface area contributed by atoms with E-state index in [0.717, 1.165) is 40.8 Å². The minimum absolute atomic E-state index is 0.0854. The Morgan fingerprint density at radius 3 is 2.77 bits per heavy atom. The van der Waals surface area contributed by atoms with Crippen molar-refractivity contribution in [1.29, 1.82) is 0 Å². The molecule has 3 aromatic heterocycles. The maximum Gasteiger partial charge on any atom is 0.0931 e. The number of hydrogen-bond acceptors (Lipinski definition) is 4. The number of pyridine rings is 1. The topological polar surface area (TPSA) is 79.6 Å². The van der Waals surface area contributed by atoms with E-state index in [1.54, 1.807) is 4.68 Å². The Labute approximate surface area is 150 Å². The Balaban J connectivity index is 1.82. The molecule has 26 heavy (non-hydrogen) atoms. The number of fused-ring (bicyclic) bond motifs is 5. The summed E-state index contributed by atoms with van der Waals surface area (Å²) in [4.78, 5) is 5.05. The molecular weight excluding hydrogens is 326 g/mol. The number of nitrogens with one attached hydrogen (secondary N) is 1. The van der Waals surface area contributed by atoms with Crippen molar-refractivity contribution in [2.75, 3.05) is 6.61 Å². The second kappa shape index (κ2) is 5.92. The Bertz CT molecular complexity index is 1120. The molecule has 0 saturated carbocycles. The molecule has 0 bridgehead atoms. The van der Waals surface area contributed by atoms with E-state index in [9.17, 15) is 0 Å². The van der Waals surface area contributed by atoms with Gasteiger partial charge >= 0.3 is 0 Å². The van der Waals surface area contributed by atoms with Gasteiger partial charge in [-0.3, -0.25) is 9.78 Å². The first kappa shape index (κ1) is 15.5. The first-order chi connectivity index (χ1) is 12.8. The van der Waals surface area contributed by atoms with E-state index in [0.29, 0.717) is 6.54 Å². The Kier molecular flexibility index (Phi) is 3.53. The van der Waals surface area contributed by atoms with Crippen LogP contribution >= 0.6 is 0 Å². The van der Waals surface area contributed by atoms with Crippen molar-refractivity contribution in [3.05, 3.63) is 41.3 Å². The molecule has 1 aliphatic rings. The van der Waals surface area contributed by atoms with Gasteiger partial charge in [-0.1, -0.05) is 0 Å². The first-order valence-corrected chi connectivity index (χ1v) is 9.19. The summed E-state index contributed by atoms with van der Waals surface area (Å²) in [6.07, 6.45) is 8.38. The van der Waals surface area contributed by atoms with Gasteiger partial charge in [-0.25, -0.2) is 4.98 Å². The zero-order chi connectivity index (χ0) is 17.7. The zero-order valence-electron chi connectivity index (χ0n) is 14.8. The molecule has 6 heteroatoms. The summed E-state index contributed by atoms with van der Waals surface area (Å²) in [5.74, 6) is 0. The van der Waals surface area contributed by atoms with Crippen molar-refractivity contribution in [2.45, 2.75) is 39.2 Å². The average Bonchev–Trinajstić information content (AvgIpc) is 3.28. The molecule has 0 saturated heterocycles. The normalized spacial score (nSPS) is 14.2. The van der Waals surface area contributed by atoms with E-state index in [-0.39, 0.29) is 6.61 Å². The van der Waals surface area contributed by atoms with Crippen LogP contribution in [0.1, 0.15) is 29.7 Å². The molecule has 6 nitrogen and oxygen atoms in total. The molecule has 0 radical (unpaired) electrons. The molecule has 0 fully saturated rings. The molecule has 1 aromatic carbocycles. The third-order valence-corrected chi connectivity index (χ3v) is 5.40. The van der Waals surface area contributed by atoms with Crippen molar-refractivity contribution in [2.24, 2.45) is 0 Å². The lowest BCUT2D eigenvalue weighted by Gasteiger charge is -2.21. The van der Waals surface area contributed by atoms with Crippen molar-refractivity contribution in [3.63, 3.8) is 0 Å². The number of rotatable bonds is 3. The molecule has 3 heterocycles. The monoisotopic (exact) mass is 347 g/mol. The molecule has 0 atom stereocenters. The highest BCUT2D eigenvalue weighted by atomic mass is 16.3. The molecule has 1 aliphatic carbocycles. The maximum atomic E-state index is 9.15. The van der Waals surface area contributed by atoms with Crippen LogP contribution in [0.4, 0.5) is 0 Å². The second-order valence-electron chi connectivity index (χ2n) is 7.04. The molecular formula is C20H21N5O. The van der Waals surface area contributed by atoms with E-state index < -0.39 is 0 Å². The van der Waals surface area contributed by atoms with Crippen molar-refractivity contribution in [3.8, 4) is 11.3 Å². The van der Waals surface area contributed by atoms with Gasteiger partial charge < -0.3 is 5.11 Å². The van der Waals surface area contributed by atoms with Crippen LogP contribution in [0.15, 0.2) is 24.5 Å². The predicted molar refractivity (Wildman–Crippen MR) is 101 cm³/mol. The summed E-state index contributed by atoms with van der Waals surface area (Å²) >= 11 is 0. The van der Waals surface area contributed by atoms with Crippen molar-refractivity contribution in [1.82, 2.24) is 25.0 Å². The van der Waals surface area contributed by atoms with Crippen LogP contribution < -0.4 is 0 Å². The van der Waals surface area contributed by atoms with E-state index in [2.05, 4.69) is 28.3 Å². The number of aromatic amines is 1. The number of aliphatic hydroxyl groups excluding tert-OH is 1. The van der Waals surface area contributed by atoms with Crippen LogP contribution in [0, 0.1) is 6.92 Å². The third kappa shape index (κ3) is 2.25. The van der Waals surface area contributed by atoms with Crippen molar-refractivity contribution < 1.29 is 5.11 Å². The van der Waals surface area contributed by atoms with Gasteiger partial charge in [0.05, 0.1) is 36.1 Å². The van der Waals surface area contributed by atoms with Crippen molar-refractivity contribution >= 4 is 21.8 Å². The largest absolute Gasteiger partial charge is 0.394 e. The van der Waals surface area contributed by atoms with Crippen LogP contribution in [0.2, 0.25) is 0 Å². The Hall–Kier alpha value is -2.73. The smallest absolute Gasteiger partial charge is 0.0931 e. The fraction of sp³-hybridized carbons (Fsp3) is 0.350. The van der Waals surface area contributed by atoms with Gasteiger partial charge in [0.1, 0.15) is 0 Å². The van der Waals surface area contributed by atoms with E-state index >= 15 is 0 Å². The third-order valence-electron chi connectivity index (χ3n) is 5.40. The Morgan fingerprint density at radius 1 is 1.12 bits per heavy atom. The van der Waals surface area contributed by atoms with Gasteiger partial charge in [-0.15, -0.1) is 0 Å². The van der Waals surface area contributed by atoms with Gasteiger partial charge in [0.2, 0.25) is 0 Å². The summed E-state index contributed by atoms with van der Waals surface area (Å²) < 4.78 is 1.78. The standard InChI is InChI=1S/C20H21N5O/c1-12-18-17(24-23-12)7-6-16-19(18)14-4-2-3-5-15(14)20(22-16)13-10-21-25(11-13)8-9-26/h6-7,10-11,26H,2-5,8-9H2,1H3,(H,23,24). The minimum atomic E-state index is 0.0854. The predicted octanol–water partition coefficient (Wildman–Crippen LogP) is 3.15. The SMILES string of the molecule is Cc1[nH]nc2ccc3nc(-c4cnn(CCO)c4)c4c(c3c12)CCCC4. The van der Waals surface area contributed by atoms with Crippen LogP contribution in [0.5, 0.6) is 0 Å². The molecule has 0 amide bonds. The summed E-state index contributed by atoms with van der Waals surface area (Å²) in [5.41, 5.74) is 7.96. The fourth-order valence-electron chi connectivity index (χ4n) is 4.23. The molecule has 0 unspecified atom stereocenters. The van der Waals surface area contributed by atoms with Gasteiger partial charge in [-0.2, -0.15) is 10.2 Å². The van der Waals surface area contributed by atoms with Gasteiger partial charge in [0.25, 0.3) is 0 Å². The quantitative estimate of drug-likeness (QED) is 0.597. The van der Waals surface area contributed by atoms with Gasteiger partial charge in [0.15, 0.2) is 0 Å². The summed E-state index contributed by atoms with van der Waals surface area (Å²) in [6.45, 7) is 2.67. The zero-order valence-corrected chi connectivity index (χ0v) is 14.8. The number of benzene rings is 1. The van der Waals surface area contributed by atoms with Crippen LogP contribution in [0.25, 0.3) is 33.1 Å². The lowest BCUT2D eigenvalue weighted by Crippen LogP contribution is -2.08. The Morgan fingerprint density at radius 2 is 1.92 bits per heavy atom. The maximum absolute atomic E-state index is 9.15. The molecule has 132 valence electrons. The van der Waals surface area contributed by atoms with Crippen LogP contribution in [0.3, 0.4) is 0 Å². The number of aryl methyl sites for hydroxylation is 2. The first-order valence-electron chi connectivity index (χ1n) is 9.19. The molecule has 5 rings (SSSR count). The lowest BCUT2D eigenvalue weighted by atomic mass is 9.85. The number of nitrogens with zero attached hydrogens (tertiary/aromatic N) is 4. The highest BCUT2D eigenvalue weighted by Gasteiger charge is 2.22. The summed E-state index contributed by atoms with van der Waals surface area (Å²) in [6, 6.07) is 4.12. The molecule has 0 spiro atoms. The van der Waals surface area contributed by atoms with Gasteiger partial charge in [0, 0.05) is 28.2 Å². The van der Waals surface area contributed by atoms with Crippen LogP contribution in [-0.2, 0) is 19.4 Å². The number of aliphatic hydroxyl groups is 1. The number of hydrogen-bond donors (Lipinski definition) is 2. The average molecular weight is 347 g/mol. The minimum Gasteiger partial charge on any atom is -0.394 e.